The van der Waals surface area contributed by atoms with E-state index < -0.39 is 5.97 Å². The summed E-state index contributed by atoms with van der Waals surface area (Å²) in [5.74, 6) is -0.484. The Morgan fingerprint density at radius 2 is 2.38 bits per heavy atom. The van der Waals surface area contributed by atoms with Gasteiger partial charge in [0.15, 0.2) is 0 Å². The summed E-state index contributed by atoms with van der Waals surface area (Å²) in [5.41, 5.74) is 0. The van der Waals surface area contributed by atoms with Crippen LogP contribution in [0.2, 0.25) is 0 Å². The SMILES string of the molecule is COC(=O)CC#N.[Na+]. The predicted octanol–water partition coefficient (Wildman–Crippen LogP) is -2.92. The van der Waals surface area contributed by atoms with E-state index in [1.165, 1.54) is 7.11 Å². The van der Waals surface area contributed by atoms with Crippen molar-refractivity contribution in [1.82, 2.24) is 0 Å². The second-order valence-corrected chi connectivity index (χ2v) is 0.911. The van der Waals surface area contributed by atoms with Crippen molar-refractivity contribution < 1.29 is 39.1 Å². The van der Waals surface area contributed by atoms with Gasteiger partial charge >= 0.3 is 35.5 Å². The molecule has 0 spiro atoms. The molecule has 0 aliphatic rings. The zero-order valence-corrected chi connectivity index (χ0v) is 6.97. The molecule has 0 aromatic heterocycles. The molecule has 0 fully saturated rings. The van der Waals surface area contributed by atoms with Crippen LogP contribution in [0, 0.1) is 11.3 Å². The van der Waals surface area contributed by atoms with Crippen molar-refractivity contribution in [1.29, 1.82) is 5.26 Å². The predicted molar refractivity (Wildman–Crippen MR) is 22.2 cm³/mol. The van der Waals surface area contributed by atoms with Crippen LogP contribution in [0.1, 0.15) is 6.42 Å². The zero-order valence-electron chi connectivity index (χ0n) is 4.97. The summed E-state index contributed by atoms with van der Waals surface area (Å²) in [6.45, 7) is 0. The van der Waals surface area contributed by atoms with E-state index in [4.69, 9.17) is 5.26 Å². The molecule has 38 valence electrons. The fraction of sp³-hybridized carbons (Fsp3) is 0.500. The Labute approximate surface area is 69.9 Å². The van der Waals surface area contributed by atoms with Crippen molar-refractivity contribution in [3.63, 3.8) is 0 Å². The van der Waals surface area contributed by atoms with E-state index in [1.807, 2.05) is 0 Å². The molecule has 0 radical (unpaired) electrons. The first-order valence-corrected chi connectivity index (χ1v) is 1.75. The average Bonchev–Trinajstić information content (AvgIpc) is 1.68. The van der Waals surface area contributed by atoms with Crippen LogP contribution in [0.5, 0.6) is 0 Å². The number of carbonyl (C=O) groups excluding carboxylic acids is 1. The second-order valence-electron chi connectivity index (χ2n) is 0.911. The summed E-state index contributed by atoms with van der Waals surface area (Å²) < 4.78 is 4.13. The van der Waals surface area contributed by atoms with Gasteiger partial charge in [0.2, 0.25) is 0 Å². The third-order valence-corrected chi connectivity index (χ3v) is 0.451. The van der Waals surface area contributed by atoms with Crippen LogP contribution in [0.4, 0.5) is 0 Å². The molecule has 0 aromatic carbocycles. The maximum atomic E-state index is 9.97. The van der Waals surface area contributed by atoms with Crippen molar-refractivity contribution in [2.24, 2.45) is 0 Å². The molecule has 0 saturated heterocycles. The summed E-state index contributed by atoms with van der Waals surface area (Å²) in [6.07, 6.45) is -0.156. The molecule has 0 unspecified atom stereocenters. The number of nitriles is 1. The van der Waals surface area contributed by atoms with E-state index in [1.54, 1.807) is 6.07 Å². The summed E-state index contributed by atoms with van der Waals surface area (Å²) in [6, 6.07) is 1.64. The molecule has 0 N–H and O–H groups in total. The molecule has 0 atom stereocenters. The molecule has 0 rings (SSSR count). The van der Waals surface area contributed by atoms with E-state index in [0.717, 1.165) is 0 Å². The second kappa shape index (κ2) is 6.96. The van der Waals surface area contributed by atoms with Crippen LogP contribution in [0.15, 0.2) is 0 Å². The Morgan fingerprint density at radius 1 is 1.88 bits per heavy atom. The number of ether oxygens (including phenoxy) is 1. The van der Waals surface area contributed by atoms with Gasteiger partial charge in [-0.3, -0.25) is 4.79 Å². The first-order valence-electron chi connectivity index (χ1n) is 1.75. The number of hydrogen-bond donors (Lipinski definition) is 0. The quantitative estimate of drug-likeness (QED) is 0.276. The molecule has 0 aromatic rings. The van der Waals surface area contributed by atoms with E-state index in [-0.39, 0.29) is 36.0 Å². The average molecular weight is 122 g/mol. The van der Waals surface area contributed by atoms with Gasteiger partial charge in [-0.25, -0.2) is 0 Å². The topological polar surface area (TPSA) is 50.1 Å². The monoisotopic (exact) mass is 122 g/mol. The first-order chi connectivity index (χ1) is 3.31. The van der Waals surface area contributed by atoms with Crippen molar-refractivity contribution in [3.05, 3.63) is 0 Å². The molecule has 4 heteroatoms. The molecule has 0 saturated carbocycles. The number of methoxy groups -OCH3 is 1. The Morgan fingerprint density at radius 3 is 2.50 bits per heavy atom. The van der Waals surface area contributed by atoms with Crippen molar-refractivity contribution in [2.45, 2.75) is 6.42 Å². The molecule has 0 bridgehead atoms. The van der Waals surface area contributed by atoms with Crippen molar-refractivity contribution in [3.8, 4) is 6.07 Å². The minimum absolute atomic E-state index is 0. The largest absolute Gasteiger partial charge is 1.00 e. The number of nitrogens with zero attached hydrogens (tertiary/aromatic N) is 1. The molecule has 3 nitrogen and oxygen atoms in total. The van der Waals surface area contributed by atoms with Gasteiger partial charge in [0, 0.05) is 0 Å². The first kappa shape index (κ1) is 10.9. The molecule has 0 heterocycles. The summed E-state index contributed by atoms with van der Waals surface area (Å²) in [4.78, 5) is 9.97. The fourth-order valence-electron chi connectivity index (χ4n) is 0.137. The summed E-state index contributed by atoms with van der Waals surface area (Å²) in [7, 11) is 1.25. The Kier molecular flexibility index (Phi) is 9.44. The maximum Gasteiger partial charge on any atom is 1.00 e. The van der Waals surface area contributed by atoms with Gasteiger partial charge in [0.25, 0.3) is 0 Å². The normalized spacial score (nSPS) is 6.00. The van der Waals surface area contributed by atoms with Gasteiger partial charge in [-0.15, -0.1) is 0 Å². The van der Waals surface area contributed by atoms with Crippen LogP contribution >= 0.6 is 0 Å². The minimum atomic E-state index is -0.484. The van der Waals surface area contributed by atoms with E-state index >= 15 is 0 Å². The van der Waals surface area contributed by atoms with Gasteiger partial charge in [0.05, 0.1) is 13.2 Å². The number of hydrogen-bond acceptors (Lipinski definition) is 3. The van der Waals surface area contributed by atoms with E-state index in [0.29, 0.717) is 0 Å². The van der Waals surface area contributed by atoms with Gasteiger partial charge in [0.1, 0.15) is 6.42 Å². The summed E-state index contributed by atoms with van der Waals surface area (Å²) in [5, 5.41) is 7.82. The molecular formula is C4H5NNaO2+. The van der Waals surface area contributed by atoms with E-state index in [2.05, 4.69) is 4.74 Å². The van der Waals surface area contributed by atoms with Gasteiger partial charge in [-0.05, 0) is 0 Å². The standard InChI is InChI=1S/C4H5NO2.Na/c1-7-4(6)2-3-5;/h2H2,1H3;/q;+1. The van der Waals surface area contributed by atoms with Gasteiger partial charge in [-0.1, -0.05) is 0 Å². The molecular weight excluding hydrogens is 117 g/mol. The molecule has 0 amide bonds. The van der Waals surface area contributed by atoms with Gasteiger partial charge < -0.3 is 4.74 Å². The molecule has 0 aliphatic carbocycles. The Hall–Kier alpha value is -0.0400. The van der Waals surface area contributed by atoms with Crippen LogP contribution in [0.3, 0.4) is 0 Å². The van der Waals surface area contributed by atoms with Crippen molar-refractivity contribution in [2.75, 3.05) is 7.11 Å². The fourth-order valence-corrected chi connectivity index (χ4v) is 0.137. The third kappa shape index (κ3) is 5.96. The van der Waals surface area contributed by atoms with Crippen LogP contribution in [0.25, 0.3) is 0 Å². The maximum absolute atomic E-state index is 9.97. The Bertz CT molecular complexity index is 107. The molecule has 0 aliphatic heterocycles. The van der Waals surface area contributed by atoms with Crippen LogP contribution < -0.4 is 29.6 Å². The van der Waals surface area contributed by atoms with E-state index in [9.17, 15) is 4.79 Å². The minimum Gasteiger partial charge on any atom is -0.468 e. The zero-order chi connectivity index (χ0) is 5.70. The van der Waals surface area contributed by atoms with Crippen LogP contribution in [-0.2, 0) is 9.53 Å². The van der Waals surface area contributed by atoms with Gasteiger partial charge in [-0.2, -0.15) is 5.26 Å². The van der Waals surface area contributed by atoms with Crippen LogP contribution in [-0.4, -0.2) is 13.1 Å². The number of rotatable bonds is 1. The summed E-state index contributed by atoms with van der Waals surface area (Å²) >= 11 is 0. The molecule has 8 heavy (non-hydrogen) atoms. The Balaban J connectivity index is 0. The van der Waals surface area contributed by atoms with Crippen molar-refractivity contribution >= 4 is 5.97 Å². The smallest absolute Gasteiger partial charge is 0.468 e. The number of carbonyl (C=O) groups is 1. The number of esters is 1. The third-order valence-electron chi connectivity index (χ3n) is 0.451.